The average Bonchev–Trinajstić information content (AvgIpc) is 2.49. The molecule has 0 radical (unpaired) electrons. The van der Waals surface area contributed by atoms with Crippen molar-refractivity contribution in [3.8, 4) is 11.5 Å². The molecular formula is C16H17BrFNO2. The molecule has 0 amide bonds. The molecular weight excluding hydrogens is 337 g/mol. The van der Waals surface area contributed by atoms with E-state index in [0.717, 1.165) is 10.0 Å². The third-order valence-corrected chi connectivity index (χ3v) is 3.45. The summed E-state index contributed by atoms with van der Waals surface area (Å²) in [6.45, 7) is 2.86. The van der Waals surface area contributed by atoms with Gasteiger partial charge >= 0.3 is 0 Å². The van der Waals surface area contributed by atoms with Gasteiger partial charge in [-0.2, -0.15) is 0 Å². The zero-order valence-electron chi connectivity index (χ0n) is 11.7. The Morgan fingerprint density at radius 2 is 1.95 bits per heavy atom. The zero-order chi connectivity index (χ0) is 15.2. The maximum atomic E-state index is 13.7. The Hall–Kier alpha value is -1.59. The lowest BCUT2D eigenvalue weighted by Gasteiger charge is -2.15. The summed E-state index contributed by atoms with van der Waals surface area (Å²) in [7, 11) is 0. The monoisotopic (exact) mass is 353 g/mol. The molecule has 0 saturated carbocycles. The maximum absolute atomic E-state index is 13.7. The summed E-state index contributed by atoms with van der Waals surface area (Å²) in [5, 5.41) is 0. The van der Waals surface area contributed by atoms with E-state index < -0.39 is 0 Å². The Morgan fingerprint density at radius 3 is 2.67 bits per heavy atom. The molecule has 0 spiro atoms. The molecule has 0 aromatic heterocycles. The quantitative estimate of drug-likeness (QED) is 0.852. The predicted molar refractivity (Wildman–Crippen MR) is 83.9 cm³/mol. The molecule has 0 bridgehead atoms. The van der Waals surface area contributed by atoms with Crippen molar-refractivity contribution in [3.05, 3.63) is 57.8 Å². The second kappa shape index (κ2) is 7.43. The summed E-state index contributed by atoms with van der Waals surface area (Å²) in [4.78, 5) is 0. The molecule has 0 aliphatic heterocycles. The number of hydrogen-bond acceptors (Lipinski definition) is 3. The Balaban J connectivity index is 2.24. The molecule has 0 fully saturated rings. The second-order valence-electron chi connectivity index (χ2n) is 4.41. The van der Waals surface area contributed by atoms with Crippen LogP contribution in [0.3, 0.4) is 0 Å². The molecule has 2 aromatic carbocycles. The van der Waals surface area contributed by atoms with E-state index in [4.69, 9.17) is 15.2 Å². The summed E-state index contributed by atoms with van der Waals surface area (Å²) in [5.74, 6) is 0.887. The highest BCUT2D eigenvalue weighted by Gasteiger charge is 2.12. The molecule has 0 aliphatic rings. The highest BCUT2D eigenvalue weighted by molar-refractivity contribution is 9.10. The summed E-state index contributed by atoms with van der Waals surface area (Å²) >= 11 is 3.32. The first-order valence-corrected chi connectivity index (χ1v) is 7.46. The van der Waals surface area contributed by atoms with Crippen LogP contribution < -0.4 is 15.2 Å². The molecule has 0 saturated heterocycles. The smallest absolute Gasteiger partial charge is 0.166 e. The number of nitrogens with two attached hydrogens (primary N) is 1. The fraction of sp³-hybridized carbons (Fsp3) is 0.250. The van der Waals surface area contributed by atoms with Crippen LogP contribution in [0.5, 0.6) is 11.5 Å². The number of rotatable bonds is 6. The van der Waals surface area contributed by atoms with Crippen molar-refractivity contribution in [2.45, 2.75) is 20.1 Å². The largest absolute Gasteiger partial charge is 0.490 e. The van der Waals surface area contributed by atoms with Crippen molar-refractivity contribution in [1.29, 1.82) is 0 Å². The van der Waals surface area contributed by atoms with Gasteiger partial charge in [-0.05, 0) is 31.2 Å². The van der Waals surface area contributed by atoms with E-state index in [1.807, 2.05) is 25.1 Å². The van der Waals surface area contributed by atoms with Crippen LogP contribution in [0.25, 0.3) is 0 Å². The molecule has 0 heterocycles. The Morgan fingerprint density at radius 1 is 1.14 bits per heavy atom. The van der Waals surface area contributed by atoms with Gasteiger partial charge in [0.1, 0.15) is 12.4 Å². The van der Waals surface area contributed by atoms with Crippen molar-refractivity contribution in [1.82, 2.24) is 0 Å². The molecule has 2 N–H and O–H groups in total. The topological polar surface area (TPSA) is 44.5 Å². The first-order chi connectivity index (χ1) is 10.2. The number of halogens is 2. The van der Waals surface area contributed by atoms with Crippen molar-refractivity contribution in [2.75, 3.05) is 6.61 Å². The lowest BCUT2D eigenvalue weighted by atomic mass is 10.2. The minimum Gasteiger partial charge on any atom is -0.490 e. The summed E-state index contributed by atoms with van der Waals surface area (Å²) < 4.78 is 25.9. The zero-order valence-corrected chi connectivity index (χ0v) is 13.3. The van der Waals surface area contributed by atoms with Crippen LogP contribution in [0, 0.1) is 5.82 Å². The normalized spacial score (nSPS) is 10.5. The summed E-state index contributed by atoms with van der Waals surface area (Å²) in [6, 6.07) is 10.3. The van der Waals surface area contributed by atoms with Crippen LogP contribution in [-0.2, 0) is 13.2 Å². The molecule has 112 valence electrons. The second-order valence-corrected chi connectivity index (χ2v) is 5.32. The highest BCUT2D eigenvalue weighted by atomic mass is 79.9. The fourth-order valence-electron chi connectivity index (χ4n) is 1.96. The van der Waals surface area contributed by atoms with Gasteiger partial charge in [-0.15, -0.1) is 0 Å². The van der Waals surface area contributed by atoms with Crippen LogP contribution in [0.1, 0.15) is 18.1 Å². The van der Waals surface area contributed by atoms with Gasteiger partial charge in [0.15, 0.2) is 11.5 Å². The first-order valence-electron chi connectivity index (χ1n) is 6.67. The van der Waals surface area contributed by atoms with E-state index in [2.05, 4.69) is 15.9 Å². The highest BCUT2D eigenvalue weighted by Crippen LogP contribution is 2.32. The van der Waals surface area contributed by atoms with Crippen molar-refractivity contribution >= 4 is 15.9 Å². The maximum Gasteiger partial charge on any atom is 0.166 e. The van der Waals surface area contributed by atoms with Gasteiger partial charge in [0.25, 0.3) is 0 Å². The van der Waals surface area contributed by atoms with E-state index in [0.29, 0.717) is 30.2 Å². The van der Waals surface area contributed by atoms with Gasteiger partial charge < -0.3 is 15.2 Å². The minimum absolute atomic E-state index is 0.113. The van der Waals surface area contributed by atoms with Gasteiger partial charge in [-0.3, -0.25) is 0 Å². The van der Waals surface area contributed by atoms with Gasteiger partial charge in [0.05, 0.1) is 6.61 Å². The van der Waals surface area contributed by atoms with E-state index in [-0.39, 0.29) is 12.4 Å². The van der Waals surface area contributed by atoms with Crippen molar-refractivity contribution in [3.63, 3.8) is 0 Å². The SMILES string of the molecule is CCOc1cccc(CN)c1OCc1cc(Br)ccc1F. The Kier molecular flexibility index (Phi) is 5.59. The third kappa shape index (κ3) is 3.95. The number of hydrogen-bond donors (Lipinski definition) is 1. The average molecular weight is 354 g/mol. The lowest BCUT2D eigenvalue weighted by molar-refractivity contribution is 0.263. The third-order valence-electron chi connectivity index (χ3n) is 2.96. The van der Waals surface area contributed by atoms with Crippen LogP contribution in [0.4, 0.5) is 4.39 Å². The van der Waals surface area contributed by atoms with Gasteiger partial charge in [-0.1, -0.05) is 28.1 Å². The van der Waals surface area contributed by atoms with E-state index >= 15 is 0 Å². The molecule has 0 unspecified atom stereocenters. The van der Waals surface area contributed by atoms with Crippen LogP contribution >= 0.6 is 15.9 Å². The van der Waals surface area contributed by atoms with E-state index in [1.54, 1.807) is 12.1 Å². The van der Waals surface area contributed by atoms with Gasteiger partial charge in [0.2, 0.25) is 0 Å². The standard InChI is InChI=1S/C16H17BrFNO2/c1-2-20-15-5-3-4-11(9-19)16(15)21-10-12-8-13(17)6-7-14(12)18/h3-8H,2,9-10,19H2,1H3. The van der Waals surface area contributed by atoms with Crippen LogP contribution in [-0.4, -0.2) is 6.61 Å². The lowest BCUT2D eigenvalue weighted by Crippen LogP contribution is -2.06. The number of para-hydroxylation sites is 1. The number of benzene rings is 2. The van der Waals surface area contributed by atoms with Crippen molar-refractivity contribution < 1.29 is 13.9 Å². The van der Waals surface area contributed by atoms with Crippen LogP contribution in [0.15, 0.2) is 40.9 Å². The molecule has 3 nitrogen and oxygen atoms in total. The van der Waals surface area contributed by atoms with Crippen molar-refractivity contribution in [2.24, 2.45) is 5.73 Å². The molecule has 21 heavy (non-hydrogen) atoms. The van der Waals surface area contributed by atoms with Gasteiger partial charge in [-0.25, -0.2) is 4.39 Å². The van der Waals surface area contributed by atoms with E-state index in [9.17, 15) is 4.39 Å². The molecule has 2 aromatic rings. The molecule has 0 aliphatic carbocycles. The Labute approximate surface area is 132 Å². The molecule has 0 atom stereocenters. The van der Waals surface area contributed by atoms with Gasteiger partial charge in [0, 0.05) is 22.1 Å². The summed E-state index contributed by atoms with van der Waals surface area (Å²) in [5.41, 5.74) is 7.02. The fourth-order valence-corrected chi connectivity index (χ4v) is 2.37. The molecule has 2 rings (SSSR count). The number of ether oxygens (including phenoxy) is 2. The predicted octanol–water partition coefficient (Wildman–Crippen LogP) is 4.02. The summed E-state index contributed by atoms with van der Waals surface area (Å²) in [6.07, 6.45) is 0. The molecule has 5 heteroatoms. The Bertz CT molecular complexity index is 619. The minimum atomic E-state index is -0.304. The van der Waals surface area contributed by atoms with Crippen LogP contribution in [0.2, 0.25) is 0 Å². The first kappa shape index (κ1) is 15.8. The van der Waals surface area contributed by atoms with E-state index in [1.165, 1.54) is 6.07 Å².